The summed E-state index contributed by atoms with van der Waals surface area (Å²) in [5.41, 5.74) is 0. The highest BCUT2D eigenvalue weighted by Gasteiger charge is 2.11. The highest BCUT2D eigenvalue weighted by atomic mass is 35.5. The van der Waals surface area contributed by atoms with Crippen molar-refractivity contribution in [3.05, 3.63) is 0 Å². The van der Waals surface area contributed by atoms with E-state index in [1.54, 1.807) is 0 Å². The molecule has 2 unspecified atom stereocenters. The van der Waals surface area contributed by atoms with Crippen LogP contribution in [0.4, 0.5) is 0 Å². The Balaban J connectivity index is 3.31. The molecule has 0 heterocycles. The largest absolute Gasteiger partial charge is 0.393 e. The molecule has 0 spiro atoms. The van der Waals surface area contributed by atoms with Crippen LogP contribution in [0.5, 0.6) is 0 Å². The molecule has 62 valence electrons. The molecule has 1 N–H and O–H groups in total. The lowest BCUT2D eigenvalue weighted by atomic mass is 10.0. The summed E-state index contributed by atoms with van der Waals surface area (Å²) in [4.78, 5) is 0. The molecular weight excluding hydrogens is 148 g/mol. The van der Waals surface area contributed by atoms with Gasteiger partial charge in [0.1, 0.15) is 0 Å². The average molecular weight is 165 g/mol. The van der Waals surface area contributed by atoms with Gasteiger partial charge in [-0.1, -0.05) is 26.7 Å². The van der Waals surface area contributed by atoms with Crippen LogP contribution in [0.3, 0.4) is 0 Å². The van der Waals surface area contributed by atoms with Crippen LogP contribution in [0, 0.1) is 5.92 Å². The van der Waals surface area contributed by atoms with Gasteiger partial charge in [-0.15, -0.1) is 11.6 Å². The van der Waals surface area contributed by atoms with Gasteiger partial charge in [-0.3, -0.25) is 0 Å². The predicted octanol–water partition coefficient (Wildman–Crippen LogP) is 2.41. The molecule has 2 atom stereocenters. The lowest BCUT2D eigenvalue weighted by Gasteiger charge is -2.14. The number of alkyl halides is 1. The number of aliphatic hydroxyl groups is 1. The zero-order valence-electron chi connectivity index (χ0n) is 6.81. The van der Waals surface area contributed by atoms with Crippen molar-refractivity contribution in [2.24, 2.45) is 5.92 Å². The van der Waals surface area contributed by atoms with Crippen LogP contribution in [-0.4, -0.2) is 17.1 Å². The molecule has 0 amide bonds. The highest BCUT2D eigenvalue weighted by molar-refractivity contribution is 6.18. The molecule has 0 aromatic carbocycles. The molecule has 2 heteroatoms. The SMILES string of the molecule is CCCCC(O)C(C)CCl. The normalized spacial score (nSPS) is 16.8. The number of halogens is 1. The fourth-order valence-corrected chi connectivity index (χ4v) is 1.01. The lowest BCUT2D eigenvalue weighted by molar-refractivity contribution is 0.115. The van der Waals surface area contributed by atoms with E-state index < -0.39 is 0 Å². The second-order valence-corrected chi connectivity index (χ2v) is 3.15. The van der Waals surface area contributed by atoms with E-state index in [1.807, 2.05) is 6.92 Å². The Bertz CT molecular complexity index is 75.7. The monoisotopic (exact) mass is 164 g/mol. The maximum Gasteiger partial charge on any atom is 0.0577 e. The van der Waals surface area contributed by atoms with Crippen LogP contribution in [0.1, 0.15) is 33.1 Å². The minimum absolute atomic E-state index is 0.197. The van der Waals surface area contributed by atoms with Gasteiger partial charge >= 0.3 is 0 Å². The molecule has 0 aromatic rings. The van der Waals surface area contributed by atoms with Crippen molar-refractivity contribution in [2.75, 3.05) is 5.88 Å². The number of hydrogen-bond donors (Lipinski definition) is 1. The molecule has 0 aliphatic heterocycles. The van der Waals surface area contributed by atoms with Crippen molar-refractivity contribution < 1.29 is 5.11 Å². The van der Waals surface area contributed by atoms with E-state index in [9.17, 15) is 5.11 Å². The van der Waals surface area contributed by atoms with E-state index in [1.165, 1.54) is 0 Å². The molecule has 0 radical (unpaired) electrons. The fraction of sp³-hybridized carbons (Fsp3) is 1.00. The van der Waals surface area contributed by atoms with E-state index in [2.05, 4.69) is 6.92 Å². The molecular formula is C8H17ClO. The minimum Gasteiger partial charge on any atom is -0.393 e. The van der Waals surface area contributed by atoms with E-state index in [4.69, 9.17) is 11.6 Å². The van der Waals surface area contributed by atoms with Gasteiger partial charge in [-0.2, -0.15) is 0 Å². The van der Waals surface area contributed by atoms with Crippen LogP contribution in [0.25, 0.3) is 0 Å². The van der Waals surface area contributed by atoms with Crippen molar-refractivity contribution in [3.8, 4) is 0 Å². The molecule has 0 aliphatic rings. The summed E-state index contributed by atoms with van der Waals surface area (Å²) in [6.07, 6.45) is 2.94. The number of rotatable bonds is 5. The Kier molecular flexibility index (Phi) is 6.14. The Morgan fingerprint density at radius 2 is 2.10 bits per heavy atom. The van der Waals surface area contributed by atoms with Gasteiger partial charge in [-0.05, 0) is 12.3 Å². The van der Waals surface area contributed by atoms with Crippen LogP contribution in [-0.2, 0) is 0 Å². The zero-order chi connectivity index (χ0) is 7.98. The Morgan fingerprint density at radius 3 is 2.50 bits per heavy atom. The van der Waals surface area contributed by atoms with Gasteiger partial charge < -0.3 is 5.11 Å². The highest BCUT2D eigenvalue weighted by Crippen LogP contribution is 2.11. The van der Waals surface area contributed by atoms with Gasteiger partial charge in [-0.25, -0.2) is 0 Å². The number of aliphatic hydroxyl groups excluding tert-OH is 1. The third-order valence-corrected chi connectivity index (χ3v) is 2.24. The van der Waals surface area contributed by atoms with Gasteiger partial charge in [0.2, 0.25) is 0 Å². The second kappa shape index (κ2) is 5.99. The summed E-state index contributed by atoms with van der Waals surface area (Å²) in [5, 5.41) is 9.36. The topological polar surface area (TPSA) is 20.2 Å². The summed E-state index contributed by atoms with van der Waals surface area (Å²) in [7, 11) is 0. The number of hydrogen-bond acceptors (Lipinski definition) is 1. The van der Waals surface area contributed by atoms with Gasteiger partial charge in [0.25, 0.3) is 0 Å². The molecule has 0 aliphatic carbocycles. The first-order valence-electron chi connectivity index (χ1n) is 3.96. The van der Waals surface area contributed by atoms with Crippen LogP contribution in [0.15, 0.2) is 0 Å². The van der Waals surface area contributed by atoms with Crippen molar-refractivity contribution in [1.29, 1.82) is 0 Å². The minimum atomic E-state index is -0.197. The Morgan fingerprint density at radius 1 is 1.50 bits per heavy atom. The second-order valence-electron chi connectivity index (χ2n) is 2.84. The van der Waals surface area contributed by atoms with Gasteiger partial charge in [0, 0.05) is 5.88 Å². The van der Waals surface area contributed by atoms with Crippen LogP contribution < -0.4 is 0 Å². The number of unbranched alkanes of at least 4 members (excludes halogenated alkanes) is 1. The summed E-state index contributed by atoms with van der Waals surface area (Å²) < 4.78 is 0. The summed E-state index contributed by atoms with van der Waals surface area (Å²) in [6.45, 7) is 4.10. The zero-order valence-corrected chi connectivity index (χ0v) is 7.56. The molecule has 0 saturated carbocycles. The molecule has 1 nitrogen and oxygen atoms in total. The van der Waals surface area contributed by atoms with Crippen molar-refractivity contribution >= 4 is 11.6 Å². The first-order chi connectivity index (χ1) is 4.72. The van der Waals surface area contributed by atoms with Crippen molar-refractivity contribution in [2.45, 2.75) is 39.2 Å². The average Bonchev–Trinajstić information content (AvgIpc) is 1.98. The standard InChI is InChI=1S/C8H17ClO/c1-3-4-5-8(10)7(2)6-9/h7-8,10H,3-6H2,1-2H3. The molecule has 0 aromatic heterocycles. The van der Waals surface area contributed by atoms with Crippen LogP contribution in [0.2, 0.25) is 0 Å². The quantitative estimate of drug-likeness (QED) is 0.619. The third kappa shape index (κ3) is 4.13. The predicted molar refractivity (Wildman–Crippen MR) is 45.4 cm³/mol. The van der Waals surface area contributed by atoms with Crippen molar-refractivity contribution in [3.63, 3.8) is 0 Å². The first kappa shape index (κ1) is 10.2. The summed E-state index contributed by atoms with van der Waals surface area (Å²) >= 11 is 5.57. The molecule has 0 saturated heterocycles. The van der Waals surface area contributed by atoms with E-state index in [0.29, 0.717) is 5.88 Å². The lowest BCUT2D eigenvalue weighted by Crippen LogP contribution is -2.18. The Hall–Kier alpha value is 0.250. The third-order valence-electron chi connectivity index (χ3n) is 1.75. The van der Waals surface area contributed by atoms with Gasteiger partial charge in [0.05, 0.1) is 6.10 Å². The molecule has 0 bridgehead atoms. The maximum absolute atomic E-state index is 9.36. The first-order valence-corrected chi connectivity index (χ1v) is 4.49. The molecule has 10 heavy (non-hydrogen) atoms. The molecule has 0 fully saturated rings. The van der Waals surface area contributed by atoms with Gasteiger partial charge in [0.15, 0.2) is 0 Å². The fourth-order valence-electron chi connectivity index (χ4n) is 0.801. The Labute approximate surface area is 68.4 Å². The maximum atomic E-state index is 9.36. The smallest absolute Gasteiger partial charge is 0.0577 e. The van der Waals surface area contributed by atoms with E-state index in [0.717, 1.165) is 19.3 Å². The van der Waals surface area contributed by atoms with E-state index in [-0.39, 0.29) is 12.0 Å². The molecule has 0 rings (SSSR count). The van der Waals surface area contributed by atoms with Crippen molar-refractivity contribution in [1.82, 2.24) is 0 Å². The van der Waals surface area contributed by atoms with E-state index >= 15 is 0 Å². The summed E-state index contributed by atoms with van der Waals surface area (Å²) in [5.74, 6) is 0.804. The van der Waals surface area contributed by atoms with Crippen LogP contribution >= 0.6 is 11.6 Å². The summed E-state index contributed by atoms with van der Waals surface area (Å²) in [6, 6.07) is 0.